The third-order valence-corrected chi connectivity index (χ3v) is 4.64. The molecule has 136 valence electrons. The number of carbonyl (C=O) groups is 1. The smallest absolute Gasteiger partial charge is 0.274 e. The molecule has 1 saturated carbocycles. The van der Waals surface area contributed by atoms with Crippen molar-refractivity contribution < 1.29 is 9.72 Å². The molecule has 1 amide bonds. The van der Waals surface area contributed by atoms with Gasteiger partial charge in [-0.05, 0) is 43.5 Å². The van der Waals surface area contributed by atoms with Crippen molar-refractivity contribution in [3.05, 3.63) is 81.7 Å². The Labute approximate surface area is 155 Å². The van der Waals surface area contributed by atoms with E-state index in [4.69, 9.17) is 0 Å². The zero-order valence-corrected chi connectivity index (χ0v) is 14.8. The van der Waals surface area contributed by atoms with Crippen molar-refractivity contribution >= 4 is 17.3 Å². The fraction of sp³-hybridized carbons (Fsp3) is 0.200. The minimum Gasteiger partial charge on any atom is -0.320 e. The van der Waals surface area contributed by atoms with Crippen LogP contribution in [0.3, 0.4) is 0 Å². The first-order valence-corrected chi connectivity index (χ1v) is 8.74. The van der Waals surface area contributed by atoms with E-state index in [2.05, 4.69) is 10.4 Å². The number of para-hydroxylation sites is 1. The monoisotopic (exact) mass is 362 g/mol. The number of nitro benzene ring substituents is 1. The summed E-state index contributed by atoms with van der Waals surface area (Å²) in [4.78, 5) is 23.5. The fourth-order valence-corrected chi connectivity index (χ4v) is 2.95. The van der Waals surface area contributed by atoms with Crippen LogP contribution in [0.1, 0.15) is 40.5 Å². The number of amides is 1. The van der Waals surface area contributed by atoms with E-state index in [1.165, 1.54) is 12.1 Å². The molecule has 7 heteroatoms. The number of rotatable bonds is 5. The molecule has 3 aromatic rings. The Hall–Kier alpha value is -3.48. The molecule has 1 heterocycles. The third-order valence-electron chi connectivity index (χ3n) is 4.64. The first-order chi connectivity index (χ1) is 13.0. The Morgan fingerprint density at radius 2 is 1.93 bits per heavy atom. The van der Waals surface area contributed by atoms with E-state index in [9.17, 15) is 14.9 Å². The number of aryl methyl sites for hydroxylation is 1. The van der Waals surface area contributed by atoms with E-state index < -0.39 is 4.92 Å². The lowest BCUT2D eigenvalue weighted by atomic mass is 10.1. The van der Waals surface area contributed by atoms with Crippen molar-refractivity contribution in [2.24, 2.45) is 0 Å². The summed E-state index contributed by atoms with van der Waals surface area (Å²) in [5.74, 6) is 0.0583. The maximum Gasteiger partial charge on any atom is 0.274 e. The fourth-order valence-electron chi connectivity index (χ4n) is 2.95. The molecule has 27 heavy (non-hydrogen) atoms. The second kappa shape index (κ2) is 6.68. The Balaban J connectivity index is 1.70. The van der Waals surface area contributed by atoms with E-state index in [1.807, 2.05) is 36.4 Å². The number of anilines is 1. The van der Waals surface area contributed by atoms with E-state index in [0.717, 1.165) is 29.8 Å². The topological polar surface area (TPSA) is 90.1 Å². The van der Waals surface area contributed by atoms with Crippen molar-refractivity contribution in [2.75, 3.05) is 5.32 Å². The van der Waals surface area contributed by atoms with Crippen LogP contribution in [0.2, 0.25) is 0 Å². The highest BCUT2D eigenvalue weighted by Crippen LogP contribution is 2.39. The van der Waals surface area contributed by atoms with Gasteiger partial charge in [0, 0.05) is 18.1 Å². The summed E-state index contributed by atoms with van der Waals surface area (Å²) in [6.45, 7) is 1.80. The van der Waals surface area contributed by atoms with E-state index in [0.29, 0.717) is 17.3 Å². The van der Waals surface area contributed by atoms with Crippen molar-refractivity contribution in [1.29, 1.82) is 0 Å². The summed E-state index contributed by atoms with van der Waals surface area (Å²) in [6, 6.07) is 15.7. The van der Waals surface area contributed by atoms with Crippen LogP contribution >= 0.6 is 0 Å². The molecule has 0 bridgehead atoms. The van der Waals surface area contributed by atoms with Gasteiger partial charge in [0.15, 0.2) is 0 Å². The number of benzene rings is 2. The van der Waals surface area contributed by atoms with Gasteiger partial charge in [-0.15, -0.1) is 0 Å². The molecule has 4 rings (SSSR count). The molecule has 0 atom stereocenters. The number of nitro groups is 1. The molecule has 7 nitrogen and oxygen atoms in total. The standard InChI is InChI=1S/C20H18N4O3/c1-13-7-10-16(24(26)27)11-17(13)21-20(25)19-12-18(14-8-9-14)22-23(19)15-5-3-2-4-6-15/h2-7,10-12,14H,8-9H2,1H3,(H,21,25). The molecule has 0 spiro atoms. The zero-order valence-electron chi connectivity index (χ0n) is 14.8. The maximum absolute atomic E-state index is 13.0. The molecule has 1 aliphatic rings. The molecular formula is C20H18N4O3. The summed E-state index contributed by atoms with van der Waals surface area (Å²) < 4.78 is 1.63. The second-order valence-electron chi connectivity index (χ2n) is 6.69. The third kappa shape index (κ3) is 3.44. The van der Waals surface area contributed by atoms with E-state index in [-0.39, 0.29) is 11.6 Å². The molecule has 0 aliphatic heterocycles. The predicted octanol–water partition coefficient (Wildman–Crippen LogP) is 4.22. The van der Waals surface area contributed by atoms with Crippen LogP contribution in [-0.4, -0.2) is 20.6 Å². The van der Waals surface area contributed by atoms with E-state index >= 15 is 0 Å². The van der Waals surface area contributed by atoms with Gasteiger partial charge in [-0.2, -0.15) is 5.10 Å². The molecule has 2 aromatic carbocycles. The van der Waals surface area contributed by atoms with Crippen molar-refractivity contribution in [2.45, 2.75) is 25.7 Å². The van der Waals surface area contributed by atoms with Gasteiger partial charge >= 0.3 is 0 Å². The number of nitrogens with one attached hydrogen (secondary N) is 1. The van der Waals surface area contributed by atoms with Crippen LogP contribution in [0.25, 0.3) is 5.69 Å². The van der Waals surface area contributed by atoms with Crippen LogP contribution in [0, 0.1) is 17.0 Å². The SMILES string of the molecule is Cc1ccc([N+](=O)[O-])cc1NC(=O)c1cc(C2CC2)nn1-c1ccccc1. The number of aromatic nitrogens is 2. The summed E-state index contributed by atoms with van der Waals surface area (Å²) in [5.41, 5.74) is 3.22. The first kappa shape index (κ1) is 17.0. The molecule has 1 N–H and O–H groups in total. The molecule has 0 unspecified atom stereocenters. The number of nitrogens with zero attached hydrogens (tertiary/aromatic N) is 3. The first-order valence-electron chi connectivity index (χ1n) is 8.74. The van der Waals surface area contributed by atoms with Gasteiger partial charge in [0.2, 0.25) is 0 Å². The average Bonchev–Trinajstić information content (AvgIpc) is 3.42. The lowest BCUT2D eigenvalue weighted by Crippen LogP contribution is -2.17. The summed E-state index contributed by atoms with van der Waals surface area (Å²) >= 11 is 0. The quantitative estimate of drug-likeness (QED) is 0.543. The summed E-state index contributed by atoms with van der Waals surface area (Å²) in [5, 5.41) is 18.4. The highest BCUT2D eigenvalue weighted by atomic mass is 16.6. The van der Waals surface area contributed by atoms with E-state index in [1.54, 1.807) is 17.7 Å². The molecule has 1 aliphatic carbocycles. The summed E-state index contributed by atoms with van der Waals surface area (Å²) in [7, 11) is 0. The molecule has 0 radical (unpaired) electrons. The average molecular weight is 362 g/mol. The Morgan fingerprint density at radius 1 is 1.19 bits per heavy atom. The van der Waals surface area contributed by atoms with Crippen LogP contribution < -0.4 is 5.32 Å². The Kier molecular flexibility index (Phi) is 4.19. The van der Waals surface area contributed by atoms with Crippen LogP contribution in [0.5, 0.6) is 0 Å². The van der Waals surface area contributed by atoms with Crippen molar-refractivity contribution in [1.82, 2.24) is 9.78 Å². The number of non-ortho nitro benzene ring substituents is 1. The van der Waals surface area contributed by atoms with Gasteiger partial charge in [-0.3, -0.25) is 14.9 Å². The van der Waals surface area contributed by atoms with Gasteiger partial charge in [0.25, 0.3) is 11.6 Å². The second-order valence-corrected chi connectivity index (χ2v) is 6.69. The zero-order chi connectivity index (χ0) is 19.0. The molecular weight excluding hydrogens is 344 g/mol. The van der Waals surface area contributed by atoms with Crippen LogP contribution in [-0.2, 0) is 0 Å². The number of hydrogen-bond donors (Lipinski definition) is 1. The minimum atomic E-state index is -0.478. The normalized spacial score (nSPS) is 13.4. The van der Waals surface area contributed by atoms with Crippen molar-refractivity contribution in [3.63, 3.8) is 0 Å². The molecule has 1 fully saturated rings. The summed E-state index contributed by atoms with van der Waals surface area (Å²) in [6.07, 6.45) is 2.16. The van der Waals surface area contributed by atoms with Gasteiger partial charge in [-0.1, -0.05) is 24.3 Å². The van der Waals surface area contributed by atoms with Crippen molar-refractivity contribution in [3.8, 4) is 5.69 Å². The predicted molar refractivity (Wildman–Crippen MR) is 101 cm³/mol. The van der Waals surface area contributed by atoms with Gasteiger partial charge < -0.3 is 5.32 Å². The Bertz CT molecular complexity index is 1020. The number of carbonyl (C=O) groups excluding carboxylic acids is 1. The van der Waals surface area contributed by atoms with Gasteiger partial charge in [0.1, 0.15) is 5.69 Å². The molecule has 0 saturated heterocycles. The minimum absolute atomic E-state index is 0.0638. The maximum atomic E-state index is 13.0. The molecule has 1 aromatic heterocycles. The van der Waals surface area contributed by atoms with Gasteiger partial charge in [-0.25, -0.2) is 4.68 Å². The van der Waals surface area contributed by atoms with Crippen LogP contribution in [0.4, 0.5) is 11.4 Å². The lowest BCUT2D eigenvalue weighted by Gasteiger charge is -2.10. The van der Waals surface area contributed by atoms with Crippen LogP contribution in [0.15, 0.2) is 54.6 Å². The largest absolute Gasteiger partial charge is 0.320 e. The van der Waals surface area contributed by atoms with Gasteiger partial charge in [0.05, 0.1) is 22.0 Å². The highest BCUT2D eigenvalue weighted by molar-refractivity contribution is 6.04. The lowest BCUT2D eigenvalue weighted by molar-refractivity contribution is -0.384. The number of hydrogen-bond acceptors (Lipinski definition) is 4. The highest BCUT2D eigenvalue weighted by Gasteiger charge is 2.29. The Morgan fingerprint density at radius 3 is 2.59 bits per heavy atom.